The van der Waals surface area contributed by atoms with Crippen molar-refractivity contribution in [2.45, 2.75) is 46.1 Å². The maximum absolute atomic E-state index is 12.3. The maximum Gasteiger partial charge on any atom is 0.306 e. The molecule has 3 aromatic heterocycles. The summed E-state index contributed by atoms with van der Waals surface area (Å²) in [5.74, 6) is 0.121. The molecule has 0 aliphatic rings. The molecule has 0 fully saturated rings. The second-order valence-corrected chi connectivity index (χ2v) is 8.22. The molecular weight excluding hydrogens is 356 g/mol. The van der Waals surface area contributed by atoms with Crippen molar-refractivity contribution in [3.63, 3.8) is 0 Å². The fourth-order valence-corrected chi connectivity index (χ4v) is 4.43. The van der Waals surface area contributed by atoms with Gasteiger partial charge in [0.1, 0.15) is 4.83 Å². The monoisotopic (exact) mass is 376 g/mol. The third-order valence-corrected chi connectivity index (χ3v) is 6.17. The van der Waals surface area contributed by atoms with Crippen molar-refractivity contribution in [1.29, 1.82) is 0 Å². The lowest BCUT2D eigenvalue weighted by Crippen LogP contribution is -2.17. The number of ether oxygens (including phenoxy) is 1. The molecule has 0 radical (unpaired) electrons. The van der Waals surface area contributed by atoms with E-state index in [-0.39, 0.29) is 11.5 Å². The highest BCUT2D eigenvalue weighted by Crippen LogP contribution is 2.27. The number of carbonyl (C=O) groups is 1. The Balaban J connectivity index is 1.64. The first-order valence-corrected chi connectivity index (χ1v) is 9.87. The number of thiophene rings is 2. The van der Waals surface area contributed by atoms with Crippen LogP contribution in [-0.2, 0) is 16.0 Å². The summed E-state index contributed by atoms with van der Waals surface area (Å²) < 4.78 is 5.43. The number of hydrogen-bond donors (Lipinski definition) is 1. The van der Waals surface area contributed by atoms with Crippen LogP contribution in [0.4, 0.5) is 0 Å². The molecule has 0 amide bonds. The fourth-order valence-electron chi connectivity index (χ4n) is 2.64. The number of nitrogens with one attached hydrogen (secondary N) is 1. The van der Waals surface area contributed by atoms with Gasteiger partial charge >= 0.3 is 5.97 Å². The van der Waals surface area contributed by atoms with Crippen LogP contribution < -0.4 is 5.56 Å². The SMILES string of the molecule is Cc1sc2nc([C@H](C)OC(=O)CCCc3cccs3)[nH]c(=O)c2c1C. The topological polar surface area (TPSA) is 72.0 Å². The van der Waals surface area contributed by atoms with E-state index in [9.17, 15) is 9.59 Å². The van der Waals surface area contributed by atoms with Gasteiger partial charge in [-0.15, -0.1) is 22.7 Å². The average Bonchev–Trinajstić information content (AvgIpc) is 3.16. The molecule has 0 spiro atoms. The smallest absolute Gasteiger partial charge is 0.306 e. The number of aromatic amines is 1. The summed E-state index contributed by atoms with van der Waals surface area (Å²) in [5, 5.41) is 2.66. The molecule has 0 unspecified atom stereocenters. The molecule has 1 atom stereocenters. The molecule has 7 heteroatoms. The Morgan fingerprint density at radius 1 is 1.40 bits per heavy atom. The molecule has 0 saturated heterocycles. The number of hydrogen-bond acceptors (Lipinski definition) is 6. The standard InChI is InChI=1S/C18H20N2O3S2/c1-10-12(3)25-18-15(10)17(22)19-16(20-18)11(2)23-14(21)8-4-6-13-7-5-9-24-13/h5,7,9,11H,4,6,8H2,1-3H3,(H,19,20,22)/t11-/m0/s1. The lowest BCUT2D eigenvalue weighted by Gasteiger charge is -2.12. The van der Waals surface area contributed by atoms with Gasteiger partial charge in [0.2, 0.25) is 0 Å². The molecule has 3 aromatic rings. The van der Waals surface area contributed by atoms with E-state index in [1.807, 2.05) is 25.3 Å². The summed E-state index contributed by atoms with van der Waals surface area (Å²) in [6.45, 7) is 5.62. The van der Waals surface area contributed by atoms with E-state index in [0.717, 1.165) is 23.3 Å². The predicted molar refractivity (Wildman–Crippen MR) is 101 cm³/mol. The number of esters is 1. The van der Waals surface area contributed by atoms with Crippen LogP contribution in [0.25, 0.3) is 10.2 Å². The quantitative estimate of drug-likeness (QED) is 0.652. The molecule has 0 aromatic carbocycles. The van der Waals surface area contributed by atoms with E-state index in [2.05, 4.69) is 16.0 Å². The number of fused-ring (bicyclic) bond motifs is 1. The van der Waals surface area contributed by atoms with Crippen molar-refractivity contribution in [2.24, 2.45) is 0 Å². The van der Waals surface area contributed by atoms with Gasteiger partial charge in [0.15, 0.2) is 11.9 Å². The van der Waals surface area contributed by atoms with Crippen molar-refractivity contribution >= 4 is 38.9 Å². The summed E-state index contributed by atoms with van der Waals surface area (Å²) >= 11 is 3.18. The Morgan fingerprint density at radius 2 is 2.20 bits per heavy atom. The minimum atomic E-state index is -0.575. The van der Waals surface area contributed by atoms with E-state index in [4.69, 9.17) is 4.74 Å². The van der Waals surface area contributed by atoms with E-state index in [0.29, 0.717) is 22.5 Å². The molecule has 0 bridgehead atoms. The first-order chi connectivity index (χ1) is 12.0. The Kier molecular flexibility index (Phi) is 5.34. The zero-order valence-electron chi connectivity index (χ0n) is 14.4. The zero-order valence-corrected chi connectivity index (χ0v) is 16.1. The van der Waals surface area contributed by atoms with Crippen molar-refractivity contribution in [2.75, 3.05) is 0 Å². The number of nitrogens with zero attached hydrogens (tertiary/aromatic N) is 1. The van der Waals surface area contributed by atoms with Crippen LogP contribution in [0.1, 0.15) is 47.0 Å². The molecule has 5 nitrogen and oxygen atoms in total. The Morgan fingerprint density at radius 3 is 2.92 bits per heavy atom. The van der Waals surface area contributed by atoms with Crippen LogP contribution in [0.15, 0.2) is 22.3 Å². The van der Waals surface area contributed by atoms with Crippen LogP contribution in [0.3, 0.4) is 0 Å². The molecule has 0 aliphatic carbocycles. The highest BCUT2D eigenvalue weighted by molar-refractivity contribution is 7.18. The summed E-state index contributed by atoms with van der Waals surface area (Å²) in [7, 11) is 0. The van der Waals surface area contributed by atoms with Gasteiger partial charge in [-0.1, -0.05) is 6.07 Å². The molecule has 0 saturated carbocycles. The van der Waals surface area contributed by atoms with Crippen LogP contribution in [0, 0.1) is 13.8 Å². The molecule has 0 aliphatic heterocycles. The van der Waals surface area contributed by atoms with Crippen LogP contribution >= 0.6 is 22.7 Å². The van der Waals surface area contributed by atoms with Gasteiger partial charge in [-0.2, -0.15) is 0 Å². The minimum absolute atomic E-state index is 0.178. The van der Waals surface area contributed by atoms with Crippen molar-refractivity contribution in [3.8, 4) is 0 Å². The normalized spacial score (nSPS) is 12.4. The van der Waals surface area contributed by atoms with Gasteiger partial charge < -0.3 is 9.72 Å². The molecule has 3 rings (SSSR count). The van der Waals surface area contributed by atoms with Crippen molar-refractivity contribution in [1.82, 2.24) is 9.97 Å². The first kappa shape index (κ1) is 17.8. The predicted octanol–water partition coefficient (Wildman–Crippen LogP) is 4.29. The molecule has 132 valence electrons. The Hall–Kier alpha value is -1.99. The molecule has 25 heavy (non-hydrogen) atoms. The van der Waals surface area contributed by atoms with E-state index in [1.165, 1.54) is 16.2 Å². The van der Waals surface area contributed by atoms with Crippen molar-refractivity contribution < 1.29 is 9.53 Å². The van der Waals surface area contributed by atoms with Crippen LogP contribution in [-0.4, -0.2) is 15.9 Å². The Bertz CT molecular complexity index is 941. The summed E-state index contributed by atoms with van der Waals surface area (Å²) in [5.41, 5.74) is 0.779. The number of aryl methyl sites for hydroxylation is 3. The maximum atomic E-state index is 12.3. The van der Waals surface area contributed by atoms with E-state index in [1.54, 1.807) is 18.3 Å². The number of carbonyl (C=O) groups excluding carboxylic acids is 1. The number of H-pyrrole nitrogens is 1. The second-order valence-electron chi connectivity index (χ2n) is 5.98. The van der Waals surface area contributed by atoms with Gasteiger partial charge in [0.05, 0.1) is 5.39 Å². The third kappa shape index (κ3) is 3.99. The van der Waals surface area contributed by atoms with E-state index < -0.39 is 6.10 Å². The first-order valence-electron chi connectivity index (χ1n) is 8.17. The van der Waals surface area contributed by atoms with Gasteiger partial charge in [0.25, 0.3) is 5.56 Å². The summed E-state index contributed by atoms with van der Waals surface area (Å²) in [6, 6.07) is 4.07. The third-order valence-electron chi connectivity index (χ3n) is 4.13. The van der Waals surface area contributed by atoms with Crippen molar-refractivity contribution in [3.05, 3.63) is 49.0 Å². The lowest BCUT2D eigenvalue weighted by molar-refractivity contribution is -0.149. The summed E-state index contributed by atoms with van der Waals surface area (Å²) in [6.07, 6.45) is 1.40. The van der Waals surface area contributed by atoms with Crippen LogP contribution in [0.5, 0.6) is 0 Å². The fraction of sp³-hybridized carbons (Fsp3) is 0.389. The molecule has 3 heterocycles. The van der Waals surface area contributed by atoms with Gasteiger partial charge in [-0.3, -0.25) is 9.59 Å². The lowest BCUT2D eigenvalue weighted by atomic mass is 10.2. The molecule has 1 N–H and O–H groups in total. The largest absolute Gasteiger partial charge is 0.454 e. The average molecular weight is 377 g/mol. The van der Waals surface area contributed by atoms with Gasteiger partial charge in [-0.05, 0) is 50.6 Å². The number of rotatable bonds is 6. The Labute approximate surface area is 153 Å². The highest BCUT2D eigenvalue weighted by Gasteiger charge is 2.18. The van der Waals surface area contributed by atoms with Gasteiger partial charge in [-0.25, -0.2) is 4.98 Å². The van der Waals surface area contributed by atoms with Crippen LogP contribution in [0.2, 0.25) is 0 Å². The zero-order chi connectivity index (χ0) is 18.0. The summed E-state index contributed by atoms with van der Waals surface area (Å²) in [4.78, 5) is 34.6. The highest BCUT2D eigenvalue weighted by atomic mass is 32.1. The minimum Gasteiger partial charge on any atom is -0.454 e. The second kappa shape index (κ2) is 7.49. The van der Waals surface area contributed by atoms with Gasteiger partial charge in [0, 0.05) is 16.2 Å². The molecular formula is C18H20N2O3S2. The number of aromatic nitrogens is 2. The van der Waals surface area contributed by atoms with E-state index >= 15 is 0 Å².